The van der Waals surface area contributed by atoms with E-state index < -0.39 is 23.9 Å². The number of benzene rings is 3. The Morgan fingerprint density at radius 1 is 0.759 bits per heavy atom. The summed E-state index contributed by atoms with van der Waals surface area (Å²) in [5, 5.41) is -0.116. The number of hydrogen-bond acceptors (Lipinski definition) is 1. The maximum Gasteiger partial charge on any atom is 0.573 e. The number of ether oxygens (including phenoxy) is 1. The molecule has 8 heteroatoms. The zero-order valence-corrected chi connectivity index (χ0v) is 15.6. The molecule has 0 unspecified atom stereocenters. The third-order valence-corrected chi connectivity index (χ3v) is 4.45. The third-order valence-electron chi connectivity index (χ3n) is 4.14. The van der Waals surface area contributed by atoms with Crippen molar-refractivity contribution in [3.05, 3.63) is 76.8 Å². The van der Waals surface area contributed by atoms with Gasteiger partial charge in [-0.15, -0.1) is 13.2 Å². The van der Waals surface area contributed by atoms with E-state index >= 15 is 0 Å². The molecular weight excluding hydrogens is 418 g/mol. The number of aryl methyl sites for hydroxylation is 1. The van der Waals surface area contributed by atoms with Crippen LogP contribution < -0.4 is 4.74 Å². The van der Waals surface area contributed by atoms with Gasteiger partial charge in [0.1, 0.15) is 5.75 Å². The summed E-state index contributed by atoms with van der Waals surface area (Å²) >= 11 is 6.13. The topological polar surface area (TPSA) is 9.23 Å². The standard InChI is InChI=1S/C21H13ClF6O/c1-12-5-7-16(13-3-2-4-15(10-13)29-21(26,27)28)18(9-12)17-8-6-14(11-19(17)22)20(23,24)25/h2-11H,1H3. The van der Waals surface area contributed by atoms with Gasteiger partial charge in [-0.2, -0.15) is 13.2 Å². The Hall–Kier alpha value is -2.67. The van der Waals surface area contributed by atoms with Crippen LogP contribution in [0.15, 0.2) is 60.7 Å². The summed E-state index contributed by atoms with van der Waals surface area (Å²) in [5.74, 6) is -0.403. The molecule has 0 saturated heterocycles. The van der Waals surface area contributed by atoms with Crippen molar-refractivity contribution >= 4 is 11.6 Å². The molecule has 3 aromatic rings. The highest BCUT2D eigenvalue weighted by atomic mass is 35.5. The summed E-state index contributed by atoms with van der Waals surface area (Å²) in [6.45, 7) is 1.79. The fraction of sp³-hybridized carbons (Fsp3) is 0.143. The highest BCUT2D eigenvalue weighted by Gasteiger charge is 2.32. The van der Waals surface area contributed by atoms with Crippen molar-refractivity contribution in [3.8, 4) is 28.0 Å². The normalized spacial score (nSPS) is 12.1. The molecule has 0 amide bonds. The highest BCUT2D eigenvalue weighted by molar-refractivity contribution is 6.33. The van der Waals surface area contributed by atoms with Crippen LogP contribution in [0.5, 0.6) is 5.75 Å². The molecule has 0 fully saturated rings. The minimum Gasteiger partial charge on any atom is -0.406 e. The van der Waals surface area contributed by atoms with Crippen molar-refractivity contribution in [2.24, 2.45) is 0 Å². The second kappa shape index (κ2) is 7.63. The SMILES string of the molecule is Cc1ccc(-c2cccc(OC(F)(F)F)c2)c(-c2ccc(C(F)(F)F)cc2Cl)c1. The number of halogens is 7. The van der Waals surface area contributed by atoms with Gasteiger partial charge in [0, 0.05) is 10.6 Å². The molecule has 0 spiro atoms. The lowest BCUT2D eigenvalue weighted by Crippen LogP contribution is -2.17. The van der Waals surface area contributed by atoms with Gasteiger partial charge in [-0.1, -0.05) is 53.6 Å². The van der Waals surface area contributed by atoms with E-state index in [1.807, 2.05) is 0 Å². The monoisotopic (exact) mass is 430 g/mol. The molecule has 0 aliphatic heterocycles. The zero-order chi connectivity index (χ0) is 21.4. The van der Waals surface area contributed by atoms with Crippen LogP contribution in [-0.2, 0) is 6.18 Å². The van der Waals surface area contributed by atoms with E-state index in [4.69, 9.17) is 11.6 Å². The fourth-order valence-corrected chi connectivity index (χ4v) is 3.19. The molecule has 1 nitrogen and oxygen atoms in total. The fourth-order valence-electron chi connectivity index (χ4n) is 2.90. The Balaban J connectivity index is 2.12. The molecular formula is C21H13ClF6O. The smallest absolute Gasteiger partial charge is 0.406 e. The maximum absolute atomic E-state index is 12.9. The lowest BCUT2D eigenvalue weighted by Gasteiger charge is -2.16. The quantitative estimate of drug-likeness (QED) is 0.384. The van der Waals surface area contributed by atoms with Crippen LogP contribution in [-0.4, -0.2) is 6.36 Å². The van der Waals surface area contributed by atoms with Gasteiger partial charge in [0.05, 0.1) is 5.56 Å². The van der Waals surface area contributed by atoms with Gasteiger partial charge in [0.15, 0.2) is 0 Å². The largest absolute Gasteiger partial charge is 0.573 e. The number of hydrogen-bond donors (Lipinski definition) is 0. The van der Waals surface area contributed by atoms with Crippen molar-refractivity contribution in [2.45, 2.75) is 19.5 Å². The van der Waals surface area contributed by atoms with E-state index in [-0.39, 0.29) is 5.02 Å². The molecule has 0 atom stereocenters. The van der Waals surface area contributed by atoms with E-state index in [0.29, 0.717) is 22.3 Å². The van der Waals surface area contributed by atoms with Crippen molar-refractivity contribution in [3.63, 3.8) is 0 Å². The summed E-state index contributed by atoms with van der Waals surface area (Å²) in [6, 6.07) is 13.5. The molecule has 152 valence electrons. The van der Waals surface area contributed by atoms with Gasteiger partial charge in [0.2, 0.25) is 0 Å². The van der Waals surface area contributed by atoms with Crippen molar-refractivity contribution < 1.29 is 31.1 Å². The van der Waals surface area contributed by atoms with Crippen LogP contribution >= 0.6 is 11.6 Å². The second-order valence-corrected chi connectivity index (χ2v) is 6.72. The summed E-state index contributed by atoms with van der Waals surface area (Å²) < 4.78 is 80.3. The first-order chi connectivity index (χ1) is 13.4. The first kappa shape index (κ1) is 21.0. The molecule has 0 aromatic heterocycles. The highest BCUT2D eigenvalue weighted by Crippen LogP contribution is 2.40. The van der Waals surface area contributed by atoms with Gasteiger partial charge in [0.25, 0.3) is 0 Å². The molecule has 0 bridgehead atoms. The zero-order valence-electron chi connectivity index (χ0n) is 14.8. The molecule has 0 saturated carbocycles. The van der Waals surface area contributed by atoms with Crippen LogP contribution in [0.2, 0.25) is 5.02 Å². The van der Waals surface area contributed by atoms with Crippen LogP contribution in [0.4, 0.5) is 26.3 Å². The summed E-state index contributed by atoms with van der Waals surface area (Å²) in [4.78, 5) is 0. The summed E-state index contributed by atoms with van der Waals surface area (Å²) in [6.07, 6.45) is -9.38. The maximum atomic E-state index is 12.9. The van der Waals surface area contributed by atoms with Crippen molar-refractivity contribution in [2.75, 3.05) is 0 Å². The van der Waals surface area contributed by atoms with Crippen molar-refractivity contribution in [1.82, 2.24) is 0 Å². The molecule has 3 aromatic carbocycles. The predicted molar refractivity (Wildman–Crippen MR) is 98.7 cm³/mol. The average molecular weight is 431 g/mol. The van der Waals surface area contributed by atoms with E-state index in [1.165, 1.54) is 18.2 Å². The van der Waals surface area contributed by atoms with Crippen LogP contribution in [0.3, 0.4) is 0 Å². The first-order valence-corrected chi connectivity index (χ1v) is 8.66. The first-order valence-electron chi connectivity index (χ1n) is 8.28. The molecule has 0 N–H and O–H groups in total. The number of alkyl halides is 6. The van der Waals surface area contributed by atoms with Gasteiger partial charge in [-0.25, -0.2) is 0 Å². The van der Waals surface area contributed by atoms with E-state index in [0.717, 1.165) is 23.8 Å². The second-order valence-electron chi connectivity index (χ2n) is 6.32. The van der Waals surface area contributed by atoms with E-state index in [2.05, 4.69) is 4.74 Å². The third kappa shape index (κ3) is 5.03. The Morgan fingerprint density at radius 3 is 2.07 bits per heavy atom. The minimum absolute atomic E-state index is 0.116. The van der Waals surface area contributed by atoms with Gasteiger partial charge < -0.3 is 4.74 Å². The van der Waals surface area contributed by atoms with Gasteiger partial charge in [-0.3, -0.25) is 0 Å². The lowest BCUT2D eigenvalue weighted by molar-refractivity contribution is -0.274. The summed E-state index contributed by atoms with van der Waals surface area (Å²) in [7, 11) is 0. The van der Waals surface area contributed by atoms with Crippen LogP contribution in [0.25, 0.3) is 22.3 Å². The Morgan fingerprint density at radius 2 is 1.45 bits per heavy atom. The van der Waals surface area contributed by atoms with Gasteiger partial charge in [-0.05, 0) is 47.9 Å². The molecule has 3 rings (SSSR count). The Kier molecular flexibility index (Phi) is 5.54. The number of rotatable bonds is 3. The molecule has 0 aliphatic rings. The molecule has 0 heterocycles. The Labute approximate surface area is 167 Å². The molecule has 0 aliphatic carbocycles. The summed E-state index contributed by atoms with van der Waals surface area (Å²) in [5.41, 5.74) is 1.65. The lowest BCUT2D eigenvalue weighted by atomic mass is 9.92. The average Bonchev–Trinajstić information content (AvgIpc) is 2.59. The van der Waals surface area contributed by atoms with Crippen LogP contribution in [0.1, 0.15) is 11.1 Å². The molecule has 0 radical (unpaired) electrons. The Bertz CT molecular complexity index is 1040. The van der Waals surface area contributed by atoms with Crippen LogP contribution in [0, 0.1) is 6.92 Å². The van der Waals surface area contributed by atoms with Gasteiger partial charge >= 0.3 is 12.5 Å². The minimum atomic E-state index is -4.84. The van der Waals surface area contributed by atoms with E-state index in [1.54, 1.807) is 31.2 Å². The molecule has 29 heavy (non-hydrogen) atoms. The predicted octanol–water partition coefficient (Wildman–Crippen LogP) is 7.90. The van der Waals surface area contributed by atoms with E-state index in [9.17, 15) is 26.3 Å². The van der Waals surface area contributed by atoms with Crippen molar-refractivity contribution in [1.29, 1.82) is 0 Å².